The molecule has 0 aliphatic heterocycles. The molecule has 0 aliphatic carbocycles. The van der Waals surface area contributed by atoms with Crippen LogP contribution in [0.5, 0.6) is 0 Å². The molecule has 0 unspecified atom stereocenters. The summed E-state index contributed by atoms with van der Waals surface area (Å²) in [5.41, 5.74) is 27.0. The minimum atomic E-state index is -2.62. The first kappa shape index (κ1) is 116. The summed E-state index contributed by atoms with van der Waals surface area (Å²) in [7, 11) is -5.16. The molecule has 7 heteroatoms. The van der Waals surface area contributed by atoms with Crippen LogP contribution >= 0.6 is 32.4 Å². The van der Waals surface area contributed by atoms with Gasteiger partial charge < -0.3 is 14.7 Å². The van der Waals surface area contributed by atoms with Gasteiger partial charge in [-0.25, -0.2) is 0 Å². The molecule has 0 saturated heterocycles. The van der Waals surface area contributed by atoms with Crippen LogP contribution in [0.1, 0.15) is 474 Å². The molecule has 9 aromatic carbocycles. The average molecular weight is 1880 g/mol. The third kappa shape index (κ3) is 30.1. The van der Waals surface area contributed by atoms with E-state index in [1.54, 1.807) is 0 Å². The molecule has 0 atom stereocenters. The van der Waals surface area contributed by atoms with Crippen LogP contribution in [-0.4, -0.2) is 14.7 Å². The second kappa shape index (κ2) is 40.3. The normalized spacial score (nSPS) is 13.9. The molecule has 3 nitrogen and oxygen atoms in total. The monoisotopic (exact) mass is 1880 g/mol. The Morgan fingerprint density at radius 1 is 0.120 bits per heavy atom. The van der Waals surface area contributed by atoms with Crippen LogP contribution in [0.4, 0.5) is 0 Å². The number of hydrogen-bond acceptors (Lipinski definition) is 3. The summed E-state index contributed by atoms with van der Waals surface area (Å²) in [6.07, 6.45) is 0. The van der Waals surface area contributed by atoms with Gasteiger partial charge in [-0.2, -0.15) is 0 Å². The highest BCUT2D eigenvalue weighted by molar-refractivity contribution is 7.81. The zero-order valence-corrected chi connectivity index (χ0v) is 98.8. The van der Waals surface area contributed by atoms with Gasteiger partial charge in [0.05, 0.1) is 0 Å². The van der Waals surface area contributed by atoms with Crippen molar-refractivity contribution < 1.29 is 14.7 Å². The standard InChI is InChI=1S/3C42H63P.H3O3P/c3*1-37(2,3)28-19-22-34(31(25-28)40(10,11)12)43(35-23-20-29(38(4,5)6)26-32(35)41(13,14)15)36-24-21-30(39(7,8)9)27-33(36)42(16,17)18;1-4(2)3/h3*19-27H,1-18H3;1-3H. The van der Waals surface area contributed by atoms with E-state index in [0.29, 0.717) is 0 Å². The van der Waals surface area contributed by atoms with Crippen molar-refractivity contribution in [3.8, 4) is 0 Å². The minimum Gasteiger partial charge on any atom is -0.328 e. The fourth-order valence-electron chi connectivity index (χ4n) is 17.4. The van der Waals surface area contributed by atoms with Crippen molar-refractivity contribution in [1.82, 2.24) is 0 Å². The van der Waals surface area contributed by atoms with E-state index >= 15 is 0 Å². The molecule has 0 aromatic heterocycles. The first-order valence-electron chi connectivity index (χ1n) is 49.8. The smallest absolute Gasteiger partial charge is 0.324 e. The topological polar surface area (TPSA) is 60.7 Å². The van der Waals surface area contributed by atoms with Crippen molar-refractivity contribution in [2.45, 2.75) is 471 Å². The predicted molar refractivity (Wildman–Crippen MR) is 606 cm³/mol. The van der Waals surface area contributed by atoms with Gasteiger partial charge in [0.2, 0.25) is 0 Å². The summed E-state index contributed by atoms with van der Waals surface area (Å²) in [5.74, 6) is 0. The Kier molecular flexibility index (Phi) is 35.2. The van der Waals surface area contributed by atoms with Gasteiger partial charge in [-0.15, -0.1) is 0 Å². The van der Waals surface area contributed by atoms with E-state index in [1.165, 1.54) is 148 Å². The van der Waals surface area contributed by atoms with E-state index in [9.17, 15) is 0 Å². The fourth-order valence-corrected chi connectivity index (χ4v) is 27.5. The molecule has 0 bridgehead atoms. The molecule has 9 aromatic rings. The van der Waals surface area contributed by atoms with Gasteiger partial charge >= 0.3 is 8.60 Å². The van der Waals surface area contributed by atoms with Crippen LogP contribution in [0.25, 0.3) is 0 Å². The molecule has 0 aliphatic rings. The molecule has 0 amide bonds. The van der Waals surface area contributed by atoms with Gasteiger partial charge in [-0.1, -0.05) is 538 Å². The molecule has 0 radical (unpaired) electrons. The highest BCUT2D eigenvalue weighted by atomic mass is 31.2. The molecular formula is C126H192O3P4. The highest BCUT2D eigenvalue weighted by Crippen LogP contribution is 2.51. The Hall–Kier alpha value is -5.42. The van der Waals surface area contributed by atoms with Crippen molar-refractivity contribution >= 4 is 80.1 Å². The predicted octanol–water partition coefficient (Wildman–Crippen LogP) is 32.9. The van der Waals surface area contributed by atoms with Gasteiger partial charge in [-0.05, 0) is 269 Å². The third-order valence-electron chi connectivity index (χ3n) is 26.2. The van der Waals surface area contributed by atoms with Crippen LogP contribution in [0.2, 0.25) is 0 Å². The molecule has 0 fully saturated rings. The SMILES string of the molecule is CC(C)(C)c1ccc(P(c2ccc(C(C)(C)C)cc2C(C)(C)C)c2ccc(C(C)(C)C)cc2C(C)(C)C)c(C(C)(C)C)c1.CC(C)(C)c1ccc(P(c2ccc(C(C)(C)C)cc2C(C)(C)C)c2ccc(C(C)(C)C)cc2C(C)(C)C)c(C(C)(C)C)c1.CC(C)(C)c1ccc(P(c2ccc(C(C)(C)C)cc2C(C)(C)C)c2ccc(C(C)(C)C)cc2C(C)(C)C)c(C(C)(C)C)c1.OP(O)O. The fraction of sp³-hybridized carbons (Fsp3) is 0.571. The van der Waals surface area contributed by atoms with E-state index in [-0.39, 0.29) is 97.5 Å². The summed E-state index contributed by atoms with van der Waals surface area (Å²) >= 11 is 0. The minimum absolute atomic E-state index is 0.0116. The lowest BCUT2D eigenvalue weighted by molar-refractivity contribution is 0.368. The molecule has 0 heterocycles. The molecule has 3 N–H and O–H groups in total. The lowest BCUT2D eigenvalue weighted by atomic mass is 9.80. The lowest BCUT2D eigenvalue weighted by Gasteiger charge is -2.37. The summed E-state index contributed by atoms with van der Waals surface area (Å²) in [4.78, 5) is 21.7. The molecule has 0 saturated carbocycles. The van der Waals surface area contributed by atoms with Gasteiger partial charge in [0.15, 0.2) is 0 Å². The molecule has 0 spiro atoms. The molecule has 133 heavy (non-hydrogen) atoms. The number of hydrogen-bond donors (Lipinski definition) is 3. The summed E-state index contributed by atoms with van der Waals surface area (Å²) in [6.45, 7) is 128. The lowest BCUT2D eigenvalue weighted by Crippen LogP contribution is -2.36. The third-order valence-corrected chi connectivity index (χ3v) is 34.0. The van der Waals surface area contributed by atoms with Crippen LogP contribution in [-0.2, 0) is 97.5 Å². The van der Waals surface area contributed by atoms with Gasteiger partial charge in [0.1, 0.15) is 0 Å². The van der Waals surface area contributed by atoms with Crippen LogP contribution < -0.4 is 47.7 Å². The zero-order valence-electron chi connectivity index (χ0n) is 95.2. The molecule has 734 valence electrons. The van der Waals surface area contributed by atoms with Gasteiger partial charge in [0, 0.05) is 0 Å². The van der Waals surface area contributed by atoms with E-state index in [4.69, 9.17) is 14.7 Å². The van der Waals surface area contributed by atoms with E-state index < -0.39 is 32.4 Å². The number of rotatable bonds is 9. The van der Waals surface area contributed by atoms with Crippen molar-refractivity contribution in [3.63, 3.8) is 0 Å². The largest absolute Gasteiger partial charge is 0.328 e. The second-order valence-corrected chi connectivity index (χ2v) is 64.2. The van der Waals surface area contributed by atoms with Crippen molar-refractivity contribution in [2.24, 2.45) is 0 Å². The Balaban J connectivity index is 0.000000300. The van der Waals surface area contributed by atoms with E-state index in [1.807, 2.05) is 0 Å². The van der Waals surface area contributed by atoms with Crippen LogP contribution in [0, 0.1) is 0 Å². The Morgan fingerprint density at radius 2 is 0.188 bits per heavy atom. The van der Waals surface area contributed by atoms with Crippen molar-refractivity contribution in [3.05, 3.63) is 264 Å². The Bertz CT molecular complexity index is 4410. The zero-order chi connectivity index (χ0) is 103. The summed E-state index contributed by atoms with van der Waals surface area (Å²) < 4.78 is 0. The maximum Gasteiger partial charge on any atom is 0.324 e. The summed E-state index contributed by atoms with van der Waals surface area (Å²) in [6, 6.07) is 67.1. The van der Waals surface area contributed by atoms with Crippen molar-refractivity contribution in [2.75, 3.05) is 0 Å². The molecular weight excluding hydrogens is 1690 g/mol. The van der Waals surface area contributed by atoms with E-state index in [0.717, 1.165) is 0 Å². The first-order valence-corrected chi connectivity index (χ1v) is 55.0. The second-order valence-electron chi connectivity index (χ2n) is 57.4. The van der Waals surface area contributed by atoms with Crippen LogP contribution in [0.15, 0.2) is 164 Å². The molecule has 9 rings (SSSR count). The van der Waals surface area contributed by atoms with E-state index in [2.05, 4.69) is 538 Å². The first-order chi connectivity index (χ1) is 59.1. The summed E-state index contributed by atoms with van der Waals surface area (Å²) in [5, 5.41) is 13.5. The van der Waals surface area contributed by atoms with Gasteiger partial charge in [-0.3, -0.25) is 0 Å². The van der Waals surface area contributed by atoms with Crippen LogP contribution in [0.3, 0.4) is 0 Å². The van der Waals surface area contributed by atoms with Gasteiger partial charge in [0.25, 0.3) is 0 Å². The number of benzene rings is 9. The Morgan fingerprint density at radius 3 is 0.241 bits per heavy atom. The Labute approximate surface area is 824 Å². The quantitative estimate of drug-likeness (QED) is 0.126. The average Bonchev–Trinajstić information content (AvgIpc) is 0.744. The van der Waals surface area contributed by atoms with Crippen molar-refractivity contribution in [1.29, 1.82) is 0 Å². The highest BCUT2D eigenvalue weighted by Gasteiger charge is 2.41. The maximum atomic E-state index is 7.23. The maximum absolute atomic E-state index is 7.23.